The van der Waals surface area contributed by atoms with Crippen molar-refractivity contribution in [3.63, 3.8) is 0 Å². The Labute approximate surface area is 123 Å². The average molecular weight is 270 g/mol. The normalized spacial score (nSPS) is 20.4. The van der Waals surface area contributed by atoms with Crippen LogP contribution < -0.4 is 10.5 Å². The van der Waals surface area contributed by atoms with Crippen LogP contribution in [0.2, 0.25) is 0 Å². The summed E-state index contributed by atoms with van der Waals surface area (Å²) in [6.45, 7) is 0.254. The summed E-state index contributed by atoms with van der Waals surface area (Å²) in [7, 11) is 0. The maximum atomic E-state index is 9.94. The number of hydrogen-bond donors (Lipinski definition) is 2. The lowest BCUT2D eigenvalue weighted by Gasteiger charge is -2.26. The number of nitrogens with two attached hydrogens (primary N) is 1. The molecule has 0 aliphatic carbocycles. The minimum absolute atomic E-state index is 0.200. The second-order valence-corrected chi connectivity index (χ2v) is 5.26. The molecule has 3 N–H and O–H groups in total. The first-order chi connectivity index (χ1) is 10.8. The summed E-state index contributed by atoms with van der Waals surface area (Å²) in [6, 6.07) is 5.73. The Morgan fingerprint density at radius 1 is 1.42 bits per heavy atom. The fourth-order valence-corrected chi connectivity index (χ4v) is 1.64. The second kappa shape index (κ2) is 6.92. The third-order valence-electron chi connectivity index (χ3n) is 2.90. The van der Waals surface area contributed by atoms with Crippen LogP contribution in [0.25, 0.3) is 0 Å². The minimum Gasteiger partial charge on any atom is -0.493 e. The number of ether oxygens (including phenoxy) is 1. The SMILES string of the molecule is [2H]C([2H])([2H])[C@@H](CCC)C([2H])([2H])Oc1ccc([C@@H](N)C(C)(C)O)cc1. The molecule has 0 radical (unpaired) electrons. The van der Waals surface area contributed by atoms with E-state index in [-0.39, 0.29) is 12.2 Å². The Hall–Kier alpha value is -1.06. The number of rotatable bonds is 7. The zero-order chi connectivity index (χ0) is 18.8. The molecule has 0 bridgehead atoms. The molecule has 0 fully saturated rings. The van der Waals surface area contributed by atoms with E-state index in [0.29, 0.717) is 12.0 Å². The van der Waals surface area contributed by atoms with E-state index in [1.54, 1.807) is 26.0 Å². The van der Waals surface area contributed by atoms with Crippen molar-refractivity contribution in [2.24, 2.45) is 11.7 Å². The van der Waals surface area contributed by atoms with E-state index < -0.39 is 31.0 Å². The molecule has 0 saturated carbocycles. The van der Waals surface area contributed by atoms with Crippen molar-refractivity contribution in [1.82, 2.24) is 0 Å². The molecule has 2 atom stereocenters. The van der Waals surface area contributed by atoms with Gasteiger partial charge in [-0.15, -0.1) is 0 Å². The van der Waals surface area contributed by atoms with E-state index in [0.717, 1.165) is 0 Å². The van der Waals surface area contributed by atoms with Gasteiger partial charge in [0.25, 0.3) is 0 Å². The molecule has 108 valence electrons. The van der Waals surface area contributed by atoms with Gasteiger partial charge in [0.1, 0.15) is 5.75 Å². The predicted molar refractivity (Wildman–Crippen MR) is 79.2 cm³/mol. The largest absolute Gasteiger partial charge is 0.493 e. The Kier molecular flexibility index (Phi) is 3.56. The minimum atomic E-state index is -2.44. The van der Waals surface area contributed by atoms with Gasteiger partial charge in [0.15, 0.2) is 0 Å². The van der Waals surface area contributed by atoms with E-state index in [1.807, 2.05) is 6.92 Å². The average Bonchev–Trinajstić information content (AvgIpc) is 2.42. The molecule has 0 spiro atoms. The highest BCUT2D eigenvalue weighted by atomic mass is 16.5. The lowest BCUT2D eigenvalue weighted by molar-refractivity contribution is 0.0517. The van der Waals surface area contributed by atoms with Crippen LogP contribution in [0, 0.1) is 5.92 Å². The summed E-state index contributed by atoms with van der Waals surface area (Å²) < 4.78 is 44.0. The second-order valence-electron chi connectivity index (χ2n) is 5.26. The smallest absolute Gasteiger partial charge is 0.119 e. The standard InChI is InChI=1S/C16H27NO2/c1-5-6-12(2)11-19-14-9-7-13(8-10-14)15(17)16(3,4)18/h7-10,12,15,18H,5-6,11,17H2,1-4H3/t12-,15+/m0/s1/i2D3,11D2. The van der Waals surface area contributed by atoms with Crippen molar-refractivity contribution >= 4 is 0 Å². The van der Waals surface area contributed by atoms with Crippen LogP contribution in [0.3, 0.4) is 0 Å². The first-order valence-electron chi connectivity index (χ1n) is 9.06. The molecular formula is C16H27NO2. The topological polar surface area (TPSA) is 55.5 Å². The van der Waals surface area contributed by atoms with E-state index in [1.165, 1.54) is 12.1 Å². The Morgan fingerprint density at radius 2 is 2.05 bits per heavy atom. The van der Waals surface area contributed by atoms with Crippen LogP contribution in [0.5, 0.6) is 5.75 Å². The van der Waals surface area contributed by atoms with Crippen LogP contribution in [0.15, 0.2) is 24.3 Å². The molecule has 1 aromatic carbocycles. The molecule has 0 amide bonds. The van der Waals surface area contributed by atoms with Gasteiger partial charge in [0.05, 0.1) is 20.9 Å². The van der Waals surface area contributed by atoms with Gasteiger partial charge < -0.3 is 15.6 Å². The van der Waals surface area contributed by atoms with Crippen molar-refractivity contribution in [1.29, 1.82) is 0 Å². The molecule has 0 heterocycles. The lowest BCUT2D eigenvalue weighted by Crippen LogP contribution is -2.34. The van der Waals surface area contributed by atoms with E-state index >= 15 is 0 Å². The van der Waals surface area contributed by atoms with Crippen molar-refractivity contribution < 1.29 is 16.7 Å². The van der Waals surface area contributed by atoms with Crippen molar-refractivity contribution in [3.8, 4) is 5.75 Å². The molecule has 1 rings (SSSR count). The maximum Gasteiger partial charge on any atom is 0.119 e. The van der Waals surface area contributed by atoms with Crippen molar-refractivity contribution in [3.05, 3.63) is 29.8 Å². The highest BCUT2D eigenvalue weighted by Crippen LogP contribution is 2.24. The quantitative estimate of drug-likeness (QED) is 0.799. The molecule has 0 aromatic heterocycles. The van der Waals surface area contributed by atoms with Crippen LogP contribution >= 0.6 is 0 Å². The lowest BCUT2D eigenvalue weighted by atomic mass is 9.93. The van der Waals surface area contributed by atoms with Crippen molar-refractivity contribution in [2.45, 2.75) is 52.1 Å². The van der Waals surface area contributed by atoms with Gasteiger partial charge in [0.2, 0.25) is 0 Å². The zero-order valence-corrected chi connectivity index (χ0v) is 11.8. The molecule has 3 nitrogen and oxygen atoms in total. The Morgan fingerprint density at radius 3 is 2.53 bits per heavy atom. The van der Waals surface area contributed by atoms with Gasteiger partial charge in [0, 0.05) is 4.11 Å². The Bertz CT molecular complexity index is 523. The Balaban J connectivity index is 2.95. The molecular weight excluding hydrogens is 238 g/mol. The van der Waals surface area contributed by atoms with E-state index in [2.05, 4.69) is 0 Å². The van der Waals surface area contributed by atoms with Crippen LogP contribution in [-0.2, 0) is 0 Å². The summed E-state index contributed by atoms with van der Waals surface area (Å²) in [5.74, 6) is -0.995. The predicted octanol–water partition coefficient (Wildman–Crippen LogP) is 3.27. The summed E-state index contributed by atoms with van der Waals surface area (Å²) in [4.78, 5) is 0. The van der Waals surface area contributed by atoms with Crippen LogP contribution in [0.1, 0.15) is 58.9 Å². The zero-order valence-electron chi connectivity index (χ0n) is 16.8. The van der Waals surface area contributed by atoms with Gasteiger partial charge in [-0.25, -0.2) is 0 Å². The highest BCUT2D eigenvalue weighted by Gasteiger charge is 2.24. The first-order valence-corrected chi connectivity index (χ1v) is 6.56. The highest BCUT2D eigenvalue weighted by molar-refractivity contribution is 5.30. The molecule has 0 aliphatic heterocycles. The van der Waals surface area contributed by atoms with Gasteiger partial charge in [-0.1, -0.05) is 32.3 Å². The van der Waals surface area contributed by atoms with E-state index in [9.17, 15) is 5.11 Å². The fraction of sp³-hybridized carbons (Fsp3) is 0.625. The molecule has 3 heteroatoms. The number of hydrogen-bond acceptors (Lipinski definition) is 3. The molecule has 19 heavy (non-hydrogen) atoms. The molecule has 0 aliphatic rings. The van der Waals surface area contributed by atoms with Gasteiger partial charge in [-0.3, -0.25) is 0 Å². The summed E-state index contributed by atoms with van der Waals surface area (Å²) in [6.07, 6.45) is 0.746. The third-order valence-corrected chi connectivity index (χ3v) is 2.90. The fourth-order valence-electron chi connectivity index (χ4n) is 1.64. The summed E-state index contributed by atoms with van der Waals surface area (Å²) in [5.41, 5.74) is 5.54. The summed E-state index contributed by atoms with van der Waals surface area (Å²) >= 11 is 0. The van der Waals surface area contributed by atoms with Crippen molar-refractivity contribution in [2.75, 3.05) is 6.56 Å². The first kappa shape index (κ1) is 9.78. The third kappa shape index (κ3) is 5.21. The summed E-state index contributed by atoms with van der Waals surface area (Å²) in [5, 5.41) is 9.94. The molecule has 0 saturated heterocycles. The van der Waals surface area contributed by atoms with Gasteiger partial charge in [-0.2, -0.15) is 0 Å². The molecule has 1 aromatic rings. The monoisotopic (exact) mass is 270 g/mol. The number of aliphatic hydroxyl groups is 1. The van der Waals surface area contributed by atoms with E-state index in [4.69, 9.17) is 17.3 Å². The van der Waals surface area contributed by atoms with Crippen LogP contribution in [-0.4, -0.2) is 17.3 Å². The molecule has 0 unspecified atom stereocenters. The number of benzene rings is 1. The maximum absolute atomic E-state index is 9.94. The van der Waals surface area contributed by atoms with Crippen LogP contribution in [0.4, 0.5) is 0 Å². The van der Waals surface area contributed by atoms with Gasteiger partial charge >= 0.3 is 0 Å². The van der Waals surface area contributed by atoms with Gasteiger partial charge in [-0.05, 0) is 43.9 Å².